The third-order valence-corrected chi connectivity index (χ3v) is 8.25. The molecular weight excluding hydrogens is 562 g/mol. The van der Waals surface area contributed by atoms with Crippen molar-refractivity contribution in [1.29, 1.82) is 0 Å². The smallest absolute Gasteiger partial charge is 0.263 e. The molecule has 1 fully saturated rings. The van der Waals surface area contributed by atoms with Gasteiger partial charge in [-0.3, -0.25) is 9.71 Å². The van der Waals surface area contributed by atoms with Crippen LogP contribution in [-0.2, 0) is 14.8 Å². The molecule has 0 spiro atoms. The molecule has 4 aromatic rings. The van der Waals surface area contributed by atoms with E-state index in [1.54, 1.807) is 53.9 Å². The summed E-state index contributed by atoms with van der Waals surface area (Å²) in [6, 6.07) is 16.0. The van der Waals surface area contributed by atoms with E-state index in [-0.39, 0.29) is 10.0 Å². The molecule has 2 aromatic heterocycles. The number of sulfonamides is 1. The summed E-state index contributed by atoms with van der Waals surface area (Å²) in [6.07, 6.45) is -3.89. The van der Waals surface area contributed by atoms with E-state index < -0.39 is 47.3 Å². The van der Waals surface area contributed by atoms with Crippen LogP contribution >= 0.6 is 11.3 Å². The Labute approximate surface area is 232 Å². The Bertz CT molecular complexity index is 1540. The fourth-order valence-electron chi connectivity index (χ4n) is 3.84. The van der Waals surface area contributed by atoms with Crippen molar-refractivity contribution in [2.24, 2.45) is 4.99 Å². The minimum Gasteiger partial charge on any atom is -0.463 e. The van der Waals surface area contributed by atoms with Crippen LogP contribution < -0.4 is 9.46 Å². The van der Waals surface area contributed by atoms with Gasteiger partial charge in [-0.25, -0.2) is 13.4 Å². The maximum atomic E-state index is 12.9. The van der Waals surface area contributed by atoms with Crippen LogP contribution in [0.4, 0.5) is 10.8 Å². The number of aromatic nitrogens is 1. The molecule has 0 unspecified atom stereocenters. The summed E-state index contributed by atoms with van der Waals surface area (Å²) in [5.74, 6) is 0.870. The van der Waals surface area contributed by atoms with Crippen LogP contribution in [0.5, 0.6) is 5.75 Å². The van der Waals surface area contributed by atoms with Gasteiger partial charge in [-0.1, -0.05) is 0 Å². The van der Waals surface area contributed by atoms with E-state index in [2.05, 4.69) is 14.7 Å². The lowest BCUT2D eigenvalue weighted by atomic mass is 9.99. The van der Waals surface area contributed by atoms with Gasteiger partial charge < -0.3 is 34.3 Å². The van der Waals surface area contributed by atoms with E-state index in [0.29, 0.717) is 28.5 Å². The first kappa shape index (κ1) is 27.9. The van der Waals surface area contributed by atoms with Crippen LogP contribution in [0.3, 0.4) is 0 Å². The molecule has 210 valence electrons. The molecule has 0 amide bonds. The Kier molecular flexibility index (Phi) is 8.27. The maximum absolute atomic E-state index is 12.9. The van der Waals surface area contributed by atoms with Gasteiger partial charge in [-0.2, -0.15) is 0 Å². The Morgan fingerprint density at radius 1 is 1.02 bits per heavy atom. The van der Waals surface area contributed by atoms with Crippen molar-refractivity contribution in [3.63, 3.8) is 0 Å². The Morgan fingerprint density at radius 3 is 2.45 bits per heavy atom. The quantitative estimate of drug-likeness (QED) is 0.182. The number of benzene rings is 2. The van der Waals surface area contributed by atoms with Crippen LogP contribution in [-0.4, -0.2) is 77.4 Å². The third-order valence-electron chi connectivity index (χ3n) is 6.01. The fraction of sp³-hybridized carbons (Fsp3) is 0.231. The van der Waals surface area contributed by atoms with Crippen LogP contribution in [0, 0.1) is 0 Å². The summed E-state index contributed by atoms with van der Waals surface area (Å²) in [6.45, 7) is -0.563. The van der Waals surface area contributed by atoms with E-state index in [0.717, 1.165) is 11.3 Å². The second-order valence-corrected chi connectivity index (χ2v) is 11.3. The normalized spacial score (nSPS) is 23.4. The molecule has 0 saturated carbocycles. The first-order valence-electron chi connectivity index (χ1n) is 12.0. The van der Waals surface area contributed by atoms with Crippen LogP contribution in [0.1, 0.15) is 5.76 Å². The van der Waals surface area contributed by atoms with E-state index in [9.17, 15) is 28.8 Å². The molecule has 5 atom stereocenters. The van der Waals surface area contributed by atoms with Crippen molar-refractivity contribution in [2.45, 2.75) is 35.6 Å². The number of thiazole rings is 1. The lowest BCUT2D eigenvalue weighted by Gasteiger charge is -2.39. The molecule has 3 heterocycles. The molecule has 1 saturated heterocycles. The number of aliphatic hydroxyl groups is 4. The summed E-state index contributed by atoms with van der Waals surface area (Å²) in [4.78, 5) is 8.66. The number of nitrogens with zero attached hydrogens (tertiary/aromatic N) is 2. The molecule has 0 radical (unpaired) electrons. The van der Waals surface area contributed by atoms with Crippen LogP contribution in [0.2, 0.25) is 0 Å². The predicted octanol–water partition coefficient (Wildman–Crippen LogP) is 2.13. The molecule has 5 N–H and O–H groups in total. The predicted molar refractivity (Wildman–Crippen MR) is 145 cm³/mol. The summed E-state index contributed by atoms with van der Waals surface area (Å²) in [5, 5.41) is 41.2. The third kappa shape index (κ3) is 6.23. The zero-order valence-electron chi connectivity index (χ0n) is 20.6. The number of aliphatic imine (C=N–C) groups is 1. The minimum absolute atomic E-state index is 0.0518. The first-order chi connectivity index (χ1) is 19.2. The summed E-state index contributed by atoms with van der Waals surface area (Å²) < 4.78 is 44.3. The van der Waals surface area contributed by atoms with Gasteiger partial charge in [0, 0.05) is 10.9 Å². The van der Waals surface area contributed by atoms with E-state index in [1.165, 1.54) is 24.6 Å². The molecule has 0 aliphatic carbocycles. The van der Waals surface area contributed by atoms with Gasteiger partial charge in [-0.05, 0) is 60.7 Å². The van der Waals surface area contributed by atoms with Gasteiger partial charge in [0.05, 0.1) is 35.4 Å². The molecule has 12 nitrogen and oxygen atoms in total. The van der Waals surface area contributed by atoms with Gasteiger partial charge in [-0.15, -0.1) is 11.3 Å². The van der Waals surface area contributed by atoms with Crippen molar-refractivity contribution in [3.05, 3.63) is 78.1 Å². The maximum Gasteiger partial charge on any atom is 0.263 e. The number of hydrogen-bond acceptors (Lipinski definition) is 12. The SMILES string of the molecule is O=S(=O)(Nc1nc(-c2ccc(O[C@@H]3O[C@H](CO)[C@@H](O)[C@H](O)[C@H]3O)cc2)cs1)c1ccc(N=Cc2ccco2)cc1. The first-order valence-corrected chi connectivity index (χ1v) is 14.3. The number of furan rings is 1. The van der Waals surface area contributed by atoms with E-state index in [4.69, 9.17) is 13.9 Å². The number of ether oxygens (including phenoxy) is 2. The molecule has 1 aliphatic heterocycles. The average Bonchev–Trinajstić information content (AvgIpc) is 3.65. The highest BCUT2D eigenvalue weighted by atomic mass is 32.2. The standard InChI is InChI=1S/C26H25N3O9S2/c30-13-21-22(31)23(32)24(33)25(38-21)37-17-7-3-15(4-8-17)20-14-39-26(28-20)29-40(34,35)19-9-5-16(6-10-19)27-12-18-2-1-11-36-18/h1-12,14,21-25,30-33H,13H2,(H,28,29)/t21-,22-,23+,24-,25-/m1/s1. The second kappa shape index (κ2) is 11.9. The fourth-order valence-corrected chi connectivity index (χ4v) is 5.82. The van der Waals surface area contributed by atoms with Crippen molar-refractivity contribution in [2.75, 3.05) is 11.3 Å². The summed E-state index contributed by atoms with van der Waals surface area (Å²) in [5.41, 5.74) is 1.75. The van der Waals surface area contributed by atoms with Crippen LogP contribution in [0.15, 0.2) is 86.6 Å². The molecular formula is C26H25N3O9S2. The second-order valence-electron chi connectivity index (χ2n) is 8.75. The largest absolute Gasteiger partial charge is 0.463 e. The molecule has 5 rings (SSSR count). The minimum atomic E-state index is -3.89. The van der Waals surface area contributed by atoms with Crippen molar-refractivity contribution in [1.82, 2.24) is 4.98 Å². The highest BCUT2D eigenvalue weighted by molar-refractivity contribution is 7.93. The highest BCUT2D eigenvalue weighted by Crippen LogP contribution is 2.30. The van der Waals surface area contributed by atoms with Crippen molar-refractivity contribution in [3.8, 4) is 17.0 Å². The van der Waals surface area contributed by atoms with E-state index in [1.807, 2.05) is 0 Å². The Hall–Kier alpha value is -3.63. The van der Waals surface area contributed by atoms with Gasteiger partial charge in [0.1, 0.15) is 35.9 Å². The number of nitrogens with one attached hydrogen (secondary N) is 1. The van der Waals surface area contributed by atoms with E-state index >= 15 is 0 Å². The van der Waals surface area contributed by atoms with Crippen molar-refractivity contribution < 1.29 is 42.7 Å². The zero-order valence-corrected chi connectivity index (χ0v) is 22.3. The molecule has 1 aliphatic rings. The number of anilines is 1. The lowest BCUT2D eigenvalue weighted by molar-refractivity contribution is -0.277. The van der Waals surface area contributed by atoms with Gasteiger partial charge in [0.25, 0.3) is 10.0 Å². The van der Waals surface area contributed by atoms with Crippen molar-refractivity contribution >= 4 is 38.4 Å². The highest BCUT2D eigenvalue weighted by Gasteiger charge is 2.44. The number of rotatable bonds is 9. The Balaban J connectivity index is 1.21. The number of aliphatic hydroxyl groups excluding tert-OH is 4. The summed E-state index contributed by atoms with van der Waals surface area (Å²) in [7, 11) is -3.89. The van der Waals surface area contributed by atoms with Gasteiger partial charge in [0.2, 0.25) is 6.29 Å². The van der Waals surface area contributed by atoms with Crippen LogP contribution in [0.25, 0.3) is 11.3 Å². The summed E-state index contributed by atoms with van der Waals surface area (Å²) >= 11 is 1.12. The molecule has 40 heavy (non-hydrogen) atoms. The van der Waals surface area contributed by atoms with Gasteiger partial charge in [0.15, 0.2) is 5.13 Å². The average molecular weight is 588 g/mol. The molecule has 14 heteroatoms. The monoisotopic (exact) mass is 587 g/mol. The zero-order chi connectivity index (χ0) is 28.3. The molecule has 0 bridgehead atoms. The molecule has 2 aromatic carbocycles. The number of hydrogen-bond donors (Lipinski definition) is 5. The topological polar surface area (TPSA) is 184 Å². The lowest BCUT2D eigenvalue weighted by Crippen LogP contribution is -2.60. The Morgan fingerprint density at radius 2 is 1.77 bits per heavy atom. The van der Waals surface area contributed by atoms with Gasteiger partial charge >= 0.3 is 0 Å².